The number of hydrogen-bond acceptors (Lipinski definition) is 5. The van der Waals surface area contributed by atoms with Gasteiger partial charge in [0.15, 0.2) is 0 Å². The van der Waals surface area contributed by atoms with Crippen LogP contribution in [0.15, 0.2) is 30.5 Å². The summed E-state index contributed by atoms with van der Waals surface area (Å²) in [5, 5.41) is 6.66. The van der Waals surface area contributed by atoms with E-state index < -0.39 is 23.9 Å². The minimum absolute atomic E-state index is 0.216. The third-order valence-corrected chi connectivity index (χ3v) is 5.84. The molecule has 0 fully saturated rings. The molecule has 2 aromatic rings. The molecular formula is C24H38N6O3. The highest BCUT2D eigenvalue weighted by Gasteiger charge is 2.27. The van der Waals surface area contributed by atoms with Crippen molar-refractivity contribution in [2.75, 3.05) is 13.1 Å². The minimum atomic E-state index is -0.790. The van der Waals surface area contributed by atoms with Gasteiger partial charge < -0.3 is 32.8 Å². The van der Waals surface area contributed by atoms with Gasteiger partial charge in [-0.05, 0) is 69.7 Å². The maximum Gasteiger partial charge on any atom is 0.243 e. The van der Waals surface area contributed by atoms with Gasteiger partial charge in [0.05, 0.1) is 0 Å². The Bertz CT molecular complexity index is 912. The smallest absolute Gasteiger partial charge is 0.243 e. The molecule has 9 heteroatoms. The number of carbonyl (C=O) groups excluding carboxylic acids is 3. The van der Waals surface area contributed by atoms with Gasteiger partial charge in [-0.15, -0.1) is 0 Å². The predicted octanol–water partition coefficient (Wildman–Crippen LogP) is 1.06. The number of unbranched alkanes of at least 4 members (excludes halogenated alkanes) is 2. The van der Waals surface area contributed by atoms with E-state index in [-0.39, 0.29) is 11.8 Å². The van der Waals surface area contributed by atoms with Crippen LogP contribution in [0.1, 0.15) is 51.0 Å². The van der Waals surface area contributed by atoms with Gasteiger partial charge in [-0.3, -0.25) is 14.4 Å². The monoisotopic (exact) mass is 458 g/mol. The van der Waals surface area contributed by atoms with Crippen LogP contribution in [0.5, 0.6) is 0 Å². The SMILES string of the molecule is C[C@@H](Cc1c[nH]c2ccccc12)C(=O)N[C@@H](CCCCN)C(=O)N[C@@H](CCCCN)C(N)=O. The second-order valence-corrected chi connectivity index (χ2v) is 8.56. The summed E-state index contributed by atoms with van der Waals surface area (Å²) in [6.45, 7) is 2.85. The van der Waals surface area contributed by atoms with Crippen molar-refractivity contribution in [3.63, 3.8) is 0 Å². The van der Waals surface area contributed by atoms with Crippen molar-refractivity contribution in [3.8, 4) is 0 Å². The molecule has 0 aliphatic carbocycles. The number of aromatic amines is 1. The van der Waals surface area contributed by atoms with Crippen LogP contribution in [-0.4, -0.2) is 47.9 Å². The fourth-order valence-corrected chi connectivity index (χ4v) is 3.85. The number of benzene rings is 1. The Morgan fingerprint density at radius 2 is 1.52 bits per heavy atom. The van der Waals surface area contributed by atoms with Gasteiger partial charge in [0.1, 0.15) is 12.1 Å². The molecule has 182 valence electrons. The average Bonchev–Trinajstić information content (AvgIpc) is 3.20. The summed E-state index contributed by atoms with van der Waals surface area (Å²) in [4.78, 5) is 40.9. The van der Waals surface area contributed by atoms with Crippen molar-refractivity contribution in [1.82, 2.24) is 15.6 Å². The molecule has 9 nitrogen and oxygen atoms in total. The first-order valence-electron chi connectivity index (χ1n) is 11.7. The molecule has 1 aromatic heterocycles. The van der Waals surface area contributed by atoms with E-state index in [1.54, 1.807) is 0 Å². The van der Waals surface area contributed by atoms with Gasteiger partial charge in [0, 0.05) is 23.0 Å². The van der Waals surface area contributed by atoms with Gasteiger partial charge in [-0.2, -0.15) is 0 Å². The number of aromatic nitrogens is 1. The Morgan fingerprint density at radius 1 is 0.909 bits per heavy atom. The van der Waals surface area contributed by atoms with Crippen LogP contribution in [0.4, 0.5) is 0 Å². The van der Waals surface area contributed by atoms with E-state index in [1.807, 2.05) is 37.4 Å². The standard InChI is InChI=1S/C24H38N6O3/c1-16(14-17-15-28-19-9-3-2-8-18(17)19)23(32)30-21(11-5-7-13-26)24(33)29-20(22(27)31)10-4-6-12-25/h2-3,8-9,15-16,20-21,28H,4-7,10-14,25-26H2,1H3,(H2,27,31)(H,29,33)(H,30,32)/t16-,20-,21-/m0/s1. The molecule has 0 unspecified atom stereocenters. The van der Waals surface area contributed by atoms with Crippen LogP contribution in [0.3, 0.4) is 0 Å². The zero-order chi connectivity index (χ0) is 24.2. The van der Waals surface area contributed by atoms with E-state index in [4.69, 9.17) is 17.2 Å². The Hall–Kier alpha value is -2.91. The lowest BCUT2D eigenvalue weighted by Crippen LogP contribution is -2.53. The molecule has 1 heterocycles. The highest BCUT2D eigenvalue weighted by Crippen LogP contribution is 2.21. The molecule has 0 bridgehead atoms. The molecule has 3 atom stereocenters. The molecule has 0 radical (unpaired) electrons. The minimum Gasteiger partial charge on any atom is -0.368 e. The first-order valence-corrected chi connectivity index (χ1v) is 11.7. The Morgan fingerprint density at radius 3 is 2.15 bits per heavy atom. The van der Waals surface area contributed by atoms with E-state index in [0.717, 1.165) is 29.3 Å². The summed E-state index contributed by atoms with van der Waals surface area (Å²) in [7, 11) is 0. The third kappa shape index (κ3) is 8.18. The van der Waals surface area contributed by atoms with Gasteiger partial charge in [0.2, 0.25) is 17.7 Å². The average molecular weight is 459 g/mol. The lowest BCUT2D eigenvalue weighted by Gasteiger charge is -2.23. The first kappa shape index (κ1) is 26.3. The number of carbonyl (C=O) groups is 3. The number of hydrogen-bond donors (Lipinski definition) is 6. The van der Waals surface area contributed by atoms with Crippen LogP contribution in [0, 0.1) is 5.92 Å². The van der Waals surface area contributed by atoms with Crippen molar-refractivity contribution < 1.29 is 14.4 Å². The molecule has 0 saturated heterocycles. The predicted molar refractivity (Wildman–Crippen MR) is 130 cm³/mol. The highest BCUT2D eigenvalue weighted by atomic mass is 16.2. The summed E-state index contributed by atoms with van der Waals surface area (Å²) in [5.41, 5.74) is 18.6. The number of rotatable bonds is 15. The fourth-order valence-electron chi connectivity index (χ4n) is 3.85. The summed E-state index contributed by atoms with van der Waals surface area (Å²) in [6, 6.07) is 6.38. The molecule has 0 aliphatic rings. The Labute approximate surface area is 195 Å². The number of primary amides is 1. The maximum atomic E-state index is 13.0. The Kier molecular flexibility index (Phi) is 10.9. The number of H-pyrrole nitrogens is 1. The summed E-state index contributed by atoms with van der Waals surface area (Å²) in [5.74, 6) is -1.56. The topological polar surface area (TPSA) is 169 Å². The largest absolute Gasteiger partial charge is 0.368 e. The van der Waals surface area contributed by atoms with Crippen molar-refractivity contribution in [3.05, 3.63) is 36.0 Å². The highest BCUT2D eigenvalue weighted by molar-refractivity contribution is 5.92. The summed E-state index contributed by atoms with van der Waals surface area (Å²) < 4.78 is 0. The number of nitrogens with one attached hydrogen (secondary N) is 3. The summed E-state index contributed by atoms with van der Waals surface area (Å²) >= 11 is 0. The summed E-state index contributed by atoms with van der Waals surface area (Å²) in [6.07, 6.45) is 6.13. The van der Waals surface area contributed by atoms with E-state index in [9.17, 15) is 14.4 Å². The molecule has 0 aliphatic heterocycles. The zero-order valence-electron chi connectivity index (χ0n) is 19.4. The normalized spacial score (nSPS) is 13.9. The molecule has 0 spiro atoms. The first-order chi connectivity index (χ1) is 15.9. The van der Waals surface area contributed by atoms with Crippen LogP contribution < -0.4 is 27.8 Å². The van der Waals surface area contributed by atoms with Gasteiger partial charge >= 0.3 is 0 Å². The van der Waals surface area contributed by atoms with Crippen LogP contribution in [-0.2, 0) is 20.8 Å². The van der Waals surface area contributed by atoms with Crippen LogP contribution in [0.25, 0.3) is 10.9 Å². The van der Waals surface area contributed by atoms with Gasteiger partial charge in [0.25, 0.3) is 0 Å². The lowest BCUT2D eigenvalue weighted by atomic mass is 9.98. The number of nitrogens with two attached hydrogens (primary N) is 3. The molecule has 3 amide bonds. The molecule has 0 saturated carbocycles. The van der Waals surface area contributed by atoms with Crippen molar-refractivity contribution in [1.29, 1.82) is 0 Å². The molecule has 1 aromatic carbocycles. The van der Waals surface area contributed by atoms with E-state index in [0.29, 0.717) is 45.2 Å². The maximum absolute atomic E-state index is 13.0. The Balaban J connectivity index is 2.03. The number of fused-ring (bicyclic) bond motifs is 1. The number of para-hydroxylation sites is 1. The van der Waals surface area contributed by atoms with Crippen LogP contribution in [0.2, 0.25) is 0 Å². The fraction of sp³-hybridized carbons (Fsp3) is 0.542. The van der Waals surface area contributed by atoms with E-state index in [2.05, 4.69) is 15.6 Å². The quantitative estimate of drug-likeness (QED) is 0.219. The molecule has 2 rings (SSSR count). The van der Waals surface area contributed by atoms with E-state index >= 15 is 0 Å². The van der Waals surface area contributed by atoms with E-state index in [1.165, 1.54) is 0 Å². The van der Waals surface area contributed by atoms with Crippen molar-refractivity contribution >= 4 is 28.6 Å². The van der Waals surface area contributed by atoms with Gasteiger partial charge in [-0.1, -0.05) is 25.1 Å². The van der Waals surface area contributed by atoms with Crippen molar-refractivity contribution in [2.24, 2.45) is 23.1 Å². The van der Waals surface area contributed by atoms with Gasteiger partial charge in [-0.25, -0.2) is 0 Å². The second kappa shape index (κ2) is 13.6. The van der Waals surface area contributed by atoms with Crippen LogP contribution >= 0.6 is 0 Å². The third-order valence-electron chi connectivity index (χ3n) is 5.84. The number of amides is 3. The zero-order valence-corrected chi connectivity index (χ0v) is 19.4. The molecular weight excluding hydrogens is 420 g/mol. The van der Waals surface area contributed by atoms with Crippen molar-refractivity contribution in [2.45, 2.75) is 64.0 Å². The molecule has 9 N–H and O–H groups in total. The lowest BCUT2D eigenvalue weighted by molar-refractivity contribution is -0.132. The molecule has 33 heavy (non-hydrogen) atoms. The second-order valence-electron chi connectivity index (χ2n) is 8.56.